The molecule has 5 heteroatoms. The minimum absolute atomic E-state index is 0.134. The van der Waals surface area contributed by atoms with Crippen molar-refractivity contribution in [2.75, 3.05) is 13.2 Å². The molecule has 1 N–H and O–H groups in total. The van der Waals surface area contributed by atoms with E-state index in [1.807, 2.05) is 0 Å². The quantitative estimate of drug-likeness (QED) is 0.0478. The van der Waals surface area contributed by atoms with E-state index in [0.717, 1.165) is 64.2 Å². The maximum Gasteiger partial charge on any atom is 0.305 e. The lowest BCUT2D eigenvalue weighted by Crippen LogP contribution is -2.25. The first-order chi connectivity index (χ1) is 21.6. The average molecular weight is 615 g/mol. The summed E-state index contributed by atoms with van der Waals surface area (Å²) in [5.41, 5.74) is 0. The van der Waals surface area contributed by atoms with E-state index < -0.39 is 6.10 Å². The maximum atomic E-state index is 11.9. The van der Waals surface area contributed by atoms with Crippen LogP contribution in [0.25, 0.3) is 0 Å². The van der Waals surface area contributed by atoms with Gasteiger partial charge in [0.1, 0.15) is 19.3 Å². The highest BCUT2D eigenvalue weighted by Gasteiger charge is 2.12. The highest BCUT2D eigenvalue weighted by Crippen LogP contribution is 2.11. The summed E-state index contributed by atoms with van der Waals surface area (Å²) in [7, 11) is 0. The Kier molecular flexibility index (Phi) is 33.2. The fraction of sp³-hybridized carbons (Fsp3) is 0.692. The molecule has 0 saturated carbocycles. The van der Waals surface area contributed by atoms with E-state index in [2.05, 4.69) is 74.6 Å². The molecule has 0 aromatic carbocycles. The first kappa shape index (κ1) is 41.6. The summed E-state index contributed by atoms with van der Waals surface area (Å²) in [5.74, 6) is -0.623. The van der Waals surface area contributed by atoms with Gasteiger partial charge in [-0.05, 0) is 77.0 Å². The smallest absolute Gasteiger partial charge is 0.305 e. The lowest BCUT2D eigenvalue weighted by molar-refractivity contribution is -0.152. The topological polar surface area (TPSA) is 72.8 Å². The largest absolute Gasteiger partial charge is 0.463 e. The van der Waals surface area contributed by atoms with E-state index in [4.69, 9.17) is 9.47 Å². The monoisotopic (exact) mass is 614 g/mol. The van der Waals surface area contributed by atoms with Crippen LogP contribution in [0.5, 0.6) is 0 Å². The number of carbonyl (C=O) groups is 2. The Morgan fingerprint density at radius 1 is 0.500 bits per heavy atom. The van der Waals surface area contributed by atoms with Crippen LogP contribution in [0, 0.1) is 0 Å². The second kappa shape index (κ2) is 35.1. The van der Waals surface area contributed by atoms with Gasteiger partial charge in [0, 0.05) is 12.8 Å². The zero-order valence-electron chi connectivity index (χ0n) is 28.4. The highest BCUT2D eigenvalue weighted by molar-refractivity contribution is 5.69. The van der Waals surface area contributed by atoms with Crippen LogP contribution in [-0.4, -0.2) is 36.4 Å². The molecule has 0 aliphatic heterocycles. The van der Waals surface area contributed by atoms with E-state index in [-0.39, 0.29) is 25.2 Å². The molecule has 0 heterocycles. The van der Waals surface area contributed by atoms with Gasteiger partial charge in [-0.15, -0.1) is 0 Å². The first-order valence-corrected chi connectivity index (χ1v) is 17.8. The number of aliphatic hydroxyl groups is 1. The SMILES string of the molecule is CC/C=C\C/C=C\C/C=C\C/C=C\CCCCC(=O)OC[C@H](O)COC(=O)CCCCCCCCC/C=C\CCCCCC. The fourth-order valence-electron chi connectivity index (χ4n) is 4.54. The Bertz CT molecular complexity index is 792. The van der Waals surface area contributed by atoms with E-state index in [0.29, 0.717) is 12.8 Å². The molecule has 0 aliphatic rings. The lowest BCUT2D eigenvalue weighted by atomic mass is 10.1. The number of aliphatic hydroxyl groups excluding tert-OH is 1. The molecular formula is C39H66O5. The molecule has 0 aromatic rings. The molecule has 0 amide bonds. The summed E-state index contributed by atoms with van der Waals surface area (Å²) < 4.78 is 10.3. The second-order valence-electron chi connectivity index (χ2n) is 11.6. The number of rotatable bonds is 31. The summed E-state index contributed by atoms with van der Waals surface area (Å²) in [6.45, 7) is 4.11. The van der Waals surface area contributed by atoms with Gasteiger partial charge in [0.15, 0.2) is 0 Å². The normalized spacial score (nSPS) is 12.9. The van der Waals surface area contributed by atoms with Gasteiger partial charge < -0.3 is 14.6 Å². The maximum absolute atomic E-state index is 11.9. The molecule has 0 unspecified atom stereocenters. The summed E-state index contributed by atoms with van der Waals surface area (Å²) >= 11 is 0. The third-order valence-corrected chi connectivity index (χ3v) is 7.24. The molecular weight excluding hydrogens is 548 g/mol. The van der Waals surface area contributed by atoms with E-state index in [9.17, 15) is 14.7 Å². The van der Waals surface area contributed by atoms with Gasteiger partial charge in [-0.25, -0.2) is 0 Å². The Labute approximate surface area is 271 Å². The molecule has 0 saturated heterocycles. The number of hydrogen-bond acceptors (Lipinski definition) is 5. The van der Waals surface area contributed by atoms with Gasteiger partial charge in [0.25, 0.3) is 0 Å². The molecule has 0 aromatic heterocycles. The summed E-state index contributed by atoms with van der Waals surface area (Å²) in [6.07, 6.45) is 44.1. The van der Waals surface area contributed by atoms with Gasteiger partial charge in [-0.1, -0.05) is 126 Å². The molecule has 5 nitrogen and oxygen atoms in total. The minimum Gasteiger partial charge on any atom is -0.463 e. The fourth-order valence-corrected chi connectivity index (χ4v) is 4.54. The molecule has 0 fully saturated rings. The van der Waals surface area contributed by atoms with Crippen LogP contribution in [0.15, 0.2) is 60.8 Å². The van der Waals surface area contributed by atoms with Crippen molar-refractivity contribution in [2.24, 2.45) is 0 Å². The number of esters is 2. The second-order valence-corrected chi connectivity index (χ2v) is 11.6. The van der Waals surface area contributed by atoms with Crippen molar-refractivity contribution in [3.63, 3.8) is 0 Å². The first-order valence-electron chi connectivity index (χ1n) is 17.8. The van der Waals surface area contributed by atoms with E-state index >= 15 is 0 Å². The van der Waals surface area contributed by atoms with Crippen molar-refractivity contribution in [3.8, 4) is 0 Å². The lowest BCUT2D eigenvalue weighted by Gasteiger charge is -2.12. The van der Waals surface area contributed by atoms with Crippen LogP contribution in [0.4, 0.5) is 0 Å². The molecule has 0 spiro atoms. The van der Waals surface area contributed by atoms with E-state index in [1.54, 1.807) is 0 Å². The molecule has 0 aliphatic carbocycles. The van der Waals surface area contributed by atoms with Crippen molar-refractivity contribution in [1.29, 1.82) is 0 Å². The summed E-state index contributed by atoms with van der Waals surface area (Å²) in [5, 5.41) is 9.98. The van der Waals surface area contributed by atoms with Gasteiger partial charge in [-0.2, -0.15) is 0 Å². The molecule has 1 atom stereocenters. The standard InChI is InChI=1S/C39H66O5/c1-3-5-7-9-11-13-15-17-19-21-23-25-27-29-31-33-38(41)43-35-37(40)36-44-39(42)34-32-30-28-26-24-22-20-18-16-14-12-10-8-6-4-2/h5,7,11,13-14,16-17,19,23,25,37,40H,3-4,6,8-10,12,15,18,20-22,24,26-36H2,1-2H3/b7-5-,13-11-,16-14-,19-17-,25-23-/t37-/m0/s1. The third-order valence-electron chi connectivity index (χ3n) is 7.24. The average Bonchev–Trinajstić information content (AvgIpc) is 3.02. The zero-order chi connectivity index (χ0) is 32.2. The predicted molar refractivity (Wildman–Crippen MR) is 187 cm³/mol. The van der Waals surface area contributed by atoms with Crippen molar-refractivity contribution in [1.82, 2.24) is 0 Å². The number of unbranched alkanes of at least 4 members (excludes halogenated alkanes) is 13. The van der Waals surface area contributed by atoms with Crippen LogP contribution in [0.2, 0.25) is 0 Å². The van der Waals surface area contributed by atoms with Crippen LogP contribution < -0.4 is 0 Å². The molecule has 0 radical (unpaired) electrons. The van der Waals surface area contributed by atoms with Gasteiger partial charge in [-0.3, -0.25) is 9.59 Å². The van der Waals surface area contributed by atoms with Crippen LogP contribution in [-0.2, 0) is 19.1 Å². The Morgan fingerprint density at radius 3 is 1.36 bits per heavy atom. The predicted octanol–water partition coefficient (Wildman–Crippen LogP) is 10.8. The third kappa shape index (κ3) is 34.1. The summed E-state index contributed by atoms with van der Waals surface area (Å²) in [6, 6.07) is 0. The minimum atomic E-state index is -0.983. The number of allylic oxidation sites excluding steroid dienone is 10. The molecule has 0 bridgehead atoms. The Morgan fingerprint density at radius 2 is 0.864 bits per heavy atom. The zero-order valence-corrected chi connectivity index (χ0v) is 28.4. The number of hydrogen-bond donors (Lipinski definition) is 1. The number of carbonyl (C=O) groups excluding carboxylic acids is 2. The van der Waals surface area contributed by atoms with Gasteiger partial charge >= 0.3 is 11.9 Å². The van der Waals surface area contributed by atoms with Crippen LogP contribution in [0.1, 0.15) is 155 Å². The van der Waals surface area contributed by atoms with Crippen molar-refractivity contribution < 1.29 is 24.2 Å². The molecule has 252 valence electrons. The Hall–Kier alpha value is -2.40. The van der Waals surface area contributed by atoms with Crippen LogP contribution in [0.3, 0.4) is 0 Å². The number of ether oxygens (including phenoxy) is 2. The highest BCUT2D eigenvalue weighted by atomic mass is 16.6. The van der Waals surface area contributed by atoms with E-state index in [1.165, 1.54) is 64.2 Å². The molecule has 44 heavy (non-hydrogen) atoms. The van der Waals surface area contributed by atoms with Gasteiger partial charge in [0.2, 0.25) is 0 Å². The Balaban J connectivity index is 3.54. The van der Waals surface area contributed by atoms with Crippen LogP contribution >= 0.6 is 0 Å². The van der Waals surface area contributed by atoms with Crippen molar-refractivity contribution in [2.45, 2.75) is 161 Å². The van der Waals surface area contributed by atoms with Gasteiger partial charge in [0.05, 0.1) is 0 Å². The summed E-state index contributed by atoms with van der Waals surface area (Å²) in [4.78, 5) is 23.8. The van der Waals surface area contributed by atoms with Crippen molar-refractivity contribution in [3.05, 3.63) is 60.8 Å². The van der Waals surface area contributed by atoms with Crippen molar-refractivity contribution >= 4 is 11.9 Å². The molecule has 0 rings (SSSR count).